The molecule has 1 heterocycles. The number of allylic oxidation sites excluding steroid dienone is 2. The van der Waals surface area contributed by atoms with Crippen molar-refractivity contribution in [3.05, 3.63) is 48.0 Å². The van der Waals surface area contributed by atoms with E-state index < -0.39 is 6.23 Å². The number of aliphatic hydroxyl groups excluding tert-OH is 1. The number of hydrogen-bond donors (Lipinski definition) is 1. The predicted molar refractivity (Wildman–Crippen MR) is 143 cm³/mol. The Labute approximate surface area is 208 Å². The molecule has 1 aromatic rings. The summed E-state index contributed by atoms with van der Waals surface area (Å²) in [7, 11) is 0. The smallest absolute Gasteiger partial charge is 0.318 e. The Balaban J connectivity index is 1.59. The number of amidine groups is 1. The second-order valence-electron chi connectivity index (χ2n) is 9.81. The van der Waals surface area contributed by atoms with Crippen molar-refractivity contribution in [2.45, 2.75) is 117 Å². The summed E-state index contributed by atoms with van der Waals surface area (Å²) in [5, 5.41) is 10.2. The zero-order valence-corrected chi connectivity index (χ0v) is 21.9. The maximum absolute atomic E-state index is 13.1. The van der Waals surface area contributed by atoms with Gasteiger partial charge in [0, 0.05) is 13.3 Å². The van der Waals surface area contributed by atoms with E-state index in [0.29, 0.717) is 18.8 Å². The van der Waals surface area contributed by atoms with Gasteiger partial charge in [-0.1, -0.05) is 101 Å². The largest absolute Gasteiger partial charge is 0.356 e. The molecule has 1 atom stereocenters. The van der Waals surface area contributed by atoms with Crippen LogP contribution in [0, 0.1) is 0 Å². The SMILES string of the molecule is CCCCCCCCC=CCCCCCCCC(=O)C1=[N+](C(C)O)CCN1Cc1ccccc1. The fourth-order valence-corrected chi connectivity index (χ4v) is 4.75. The average molecular weight is 470 g/mol. The predicted octanol–water partition coefficient (Wildman–Crippen LogP) is 6.86. The van der Waals surface area contributed by atoms with Gasteiger partial charge in [-0.2, -0.15) is 0 Å². The summed E-state index contributed by atoms with van der Waals surface area (Å²) in [6.45, 7) is 6.23. The molecule has 2 rings (SSSR count). The number of benzene rings is 1. The van der Waals surface area contributed by atoms with Crippen molar-refractivity contribution in [2.75, 3.05) is 13.1 Å². The molecule has 0 aliphatic carbocycles. The number of carbonyl (C=O) groups excluding carboxylic acids is 1. The molecule has 0 saturated heterocycles. The van der Waals surface area contributed by atoms with Crippen LogP contribution >= 0.6 is 0 Å². The first kappa shape index (κ1) is 28.3. The lowest BCUT2D eigenvalue weighted by Crippen LogP contribution is -2.38. The molecule has 4 heteroatoms. The molecule has 0 amide bonds. The number of ketones is 1. The fraction of sp³-hybridized carbons (Fsp3) is 0.667. The van der Waals surface area contributed by atoms with Crippen molar-refractivity contribution in [1.29, 1.82) is 0 Å². The highest BCUT2D eigenvalue weighted by molar-refractivity contribution is 6.36. The van der Waals surface area contributed by atoms with E-state index in [2.05, 4.69) is 36.1 Å². The first-order chi connectivity index (χ1) is 16.6. The number of aliphatic hydroxyl groups is 1. The molecule has 0 radical (unpaired) electrons. The Morgan fingerprint density at radius 1 is 0.941 bits per heavy atom. The van der Waals surface area contributed by atoms with Crippen LogP contribution in [0.4, 0.5) is 0 Å². The zero-order chi connectivity index (χ0) is 24.4. The number of nitrogens with zero attached hydrogens (tertiary/aromatic N) is 2. The minimum atomic E-state index is -0.631. The molecule has 1 aromatic carbocycles. The van der Waals surface area contributed by atoms with Crippen LogP contribution in [-0.4, -0.2) is 45.5 Å². The Morgan fingerprint density at radius 2 is 1.53 bits per heavy atom. The molecular formula is C30H49N2O2+. The number of Topliss-reactive ketones (excluding diaryl/α,β-unsaturated/α-hetero) is 1. The van der Waals surface area contributed by atoms with Gasteiger partial charge >= 0.3 is 5.84 Å². The Hall–Kier alpha value is -1.94. The topological polar surface area (TPSA) is 43.6 Å². The van der Waals surface area contributed by atoms with Crippen molar-refractivity contribution in [3.63, 3.8) is 0 Å². The van der Waals surface area contributed by atoms with Crippen molar-refractivity contribution in [3.8, 4) is 0 Å². The molecule has 1 aliphatic heterocycles. The molecule has 34 heavy (non-hydrogen) atoms. The van der Waals surface area contributed by atoms with Gasteiger partial charge in [-0.05, 0) is 37.7 Å². The van der Waals surface area contributed by atoms with Gasteiger partial charge in [0.05, 0.1) is 0 Å². The van der Waals surface area contributed by atoms with E-state index in [0.717, 1.165) is 25.9 Å². The van der Waals surface area contributed by atoms with Crippen LogP contribution in [0.5, 0.6) is 0 Å². The number of unbranched alkanes of at least 4 members (excludes halogenated alkanes) is 11. The van der Waals surface area contributed by atoms with Gasteiger partial charge in [0.15, 0.2) is 6.23 Å². The maximum Gasteiger partial charge on any atom is 0.318 e. The Morgan fingerprint density at radius 3 is 2.15 bits per heavy atom. The van der Waals surface area contributed by atoms with E-state index in [9.17, 15) is 9.90 Å². The van der Waals surface area contributed by atoms with Gasteiger partial charge in [0.2, 0.25) is 5.78 Å². The van der Waals surface area contributed by atoms with E-state index in [1.807, 2.05) is 22.8 Å². The summed E-state index contributed by atoms with van der Waals surface area (Å²) < 4.78 is 1.86. The third kappa shape index (κ3) is 11.0. The lowest BCUT2D eigenvalue weighted by molar-refractivity contribution is -0.595. The van der Waals surface area contributed by atoms with Crippen LogP contribution in [-0.2, 0) is 11.3 Å². The van der Waals surface area contributed by atoms with Gasteiger partial charge in [0.1, 0.15) is 19.6 Å². The minimum absolute atomic E-state index is 0.173. The fourth-order valence-electron chi connectivity index (χ4n) is 4.75. The summed E-state index contributed by atoms with van der Waals surface area (Å²) >= 11 is 0. The van der Waals surface area contributed by atoms with Crippen LogP contribution in [0.3, 0.4) is 0 Å². The van der Waals surface area contributed by atoms with Crippen molar-refractivity contribution >= 4 is 11.6 Å². The standard InChI is InChI=1S/C30H49N2O2/c1-3-4-5-6-7-8-9-10-11-12-13-14-15-16-20-23-29(34)30-31(24-25-32(30)27(2)33)26-28-21-18-17-19-22-28/h10-11,17-19,21-22,27,33H,3-9,12-16,20,23-26H2,1-2H3/q+1. The second-order valence-corrected chi connectivity index (χ2v) is 9.81. The highest BCUT2D eigenvalue weighted by Gasteiger charge is 2.37. The van der Waals surface area contributed by atoms with Crippen LogP contribution < -0.4 is 0 Å². The molecular weight excluding hydrogens is 420 g/mol. The van der Waals surface area contributed by atoms with Crippen molar-refractivity contribution in [2.24, 2.45) is 0 Å². The van der Waals surface area contributed by atoms with Crippen LogP contribution in [0.25, 0.3) is 0 Å². The summed E-state index contributed by atoms with van der Waals surface area (Å²) in [6.07, 6.45) is 21.0. The van der Waals surface area contributed by atoms with E-state index >= 15 is 0 Å². The molecule has 0 aromatic heterocycles. The first-order valence-corrected chi connectivity index (χ1v) is 13.9. The summed E-state index contributed by atoms with van der Waals surface area (Å²) in [5.74, 6) is 0.876. The van der Waals surface area contributed by atoms with Gasteiger partial charge in [-0.25, -0.2) is 4.58 Å². The molecule has 190 valence electrons. The van der Waals surface area contributed by atoms with Gasteiger partial charge in [-0.3, -0.25) is 9.69 Å². The normalized spacial score (nSPS) is 15.0. The summed E-state index contributed by atoms with van der Waals surface area (Å²) in [5.41, 5.74) is 1.20. The number of hydrogen-bond acceptors (Lipinski definition) is 3. The quantitative estimate of drug-likeness (QED) is 0.137. The first-order valence-electron chi connectivity index (χ1n) is 13.9. The highest BCUT2D eigenvalue weighted by Crippen LogP contribution is 2.15. The Bertz CT molecular complexity index is 739. The molecule has 1 aliphatic rings. The lowest BCUT2D eigenvalue weighted by atomic mass is 10.1. The minimum Gasteiger partial charge on any atom is -0.356 e. The van der Waals surface area contributed by atoms with Crippen LogP contribution in [0.1, 0.15) is 109 Å². The molecule has 0 spiro atoms. The molecule has 1 N–H and O–H groups in total. The molecule has 0 fully saturated rings. The highest BCUT2D eigenvalue weighted by atomic mass is 16.3. The molecule has 0 bridgehead atoms. The zero-order valence-electron chi connectivity index (χ0n) is 21.9. The van der Waals surface area contributed by atoms with E-state index in [1.165, 1.54) is 76.2 Å². The average Bonchev–Trinajstić information content (AvgIpc) is 3.26. The van der Waals surface area contributed by atoms with Crippen molar-refractivity contribution < 1.29 is 14.5 Å². The maximum atomic E-state index is 13.1. The van der Waals surface area contributed by atoms with Crippen LogP contribution in [0.15, 0.2) is 42.5 Å². The number of carbonyl (C=O) groups is 1. The van der Waals surface area contributed by atoms with Gasteiger partial charge in [0.25, 0.3) is 0 Å². The third-order valence-electron chi connectivity index (χ3n) is 6.76. The monoisotopic (exact) mass is 469 g/mol. The van der Waals surface area contributed by atoms with E-state index in [1.54, 1.807) is 6.92 Å². The lowest BCUT2D eigenvalue weighted by Gasteiger charge is -2.14. The molecule has 4 nitrogen and oxygen atoms in total. The third-order valence-corrected chi connectivity index (χ3v) is 6.76. The van der Waals surface area contributed by atoms with Crippen LogP contribution in [0.2, 0.25) is 0 Å². The summed E-state index contributed by atoms with van der Waals surface area (Å²) in [4.78, 5) is 15.2. The van der Waals surface area contributed by atoms with Gasteiger partial charge < -0.3 is 5.11 Å². The second kappa shape index (κ2) is 17.5. The van der Waals surface area contributed by atoms with E-state index in [-0.39, 0.29) is 5.78 Å². The molecule has 1 unspecified atom stereocenters. The van der Waals surface area contributed by atoms with Crippen molar-refractivity contribution in [1.82, 2.24) is 4.90 Å². The summed E-state index contributed by atoms with van der Waals surface area (Å²) in [6, 6.07) is 10.3. The molecule has 0 saturated carbocycles. The Kier molecular flexibility index (Phi) is 14.6. The van der Waals surface area contributed by atoms with E-state index in [4.69, 9.17) is 0 Å². The van der Waals surface area contributed by atoms with Gasteiger partial charge in [-0.15, -0.1) is 0 Å². The number of rotatable bonds is 19.